The molecular weight excluding hydrogens is 290 g/mol. The second-order valence-corrected chi connectivity index (χ2v) is 7.99. The van der Waals surface area contributed by atoms with Gasteiger partial charge in [0.15, 0.2) is 0 Å². The molecule has 0 amide bonds. The molecule has 0 aromatic rings. The van der Waals surface area contributed by atoms with Crippen molar-refractivity contribution in [3.8, 4) is 0 Å². The smallest absolute Gasteiger partial charge is 0.00388 e. The minimum atomic E-state index is 0.471. The third-order valence-electron chi connectivity index (χ3n) is 5.36. The van der Waals surface area contributed by atoms with Crippen LogP contribution in [0.2, 0.25) is 0 Å². The van der Waals surface area contributed by atoms with Crippen molar-refractivity contribution in [3.63, 3.8) is 0 Å². The molecule has 146 valence electrons. The van der Waals surface area contributed by atoms with E-state index in [4.69, 9.17) is 5.73 Å². The van der Waals surface area contributed by atoms with E-state index in [1.165, 1.54) is 128 Å². The second kappa shape index (κ2) is 21.0. The van der Waals surface area contributed by atoms with Gasteiger partial charge < -0.3 is 5.73 Å². The fourth-order valence-corrected chi connectivity index (χ4v) is 3.58. The van der Waals surface area contributed by atoms with Crippen LogP contribution < -0.4 is 5.73 Å². The van der Waals surface area contributed by atoms with E-state index in [1.807, 2.05) is 0 Å². The van der Waals surface area contributed by atoms with Crippen LogP contribution in [-0.4, -0.2) is 6.04 Å². The van der Waals surface area contributed by atoms with Gasteiger partial charge in [-0.05, 0) is 12.8 Å². The van der Waals surface area contributed by atoms with Crippen LogP contribution in [0.25, 0.3) is 0 Å². The van der Waals surface area contributed by atoms with E-state index >= 15 is 0 Å². The average Bonchev–Trinajstić information content (AvgIpc) is 2.59. The molecule has 0 heterocycles. The van der Waals surface area contributed by atoms with Crippen LogP contribution in [0.1, 0.15) is 142 Å². The van der Waals surface area contributed by atoms with Crippen molar-refractivity contribution < 1.29 is 0 Å². The molecule has 0 aliphatic rings. The van der Waals surface area contributed by atoms with Crippen molar-refractivity contribution in [1.29, 1.82) is 0 Å². The molecule has 0 rings (SSSR count). The Balaban J connectivity index is 3.12. The van der Waals surface area contributed by atoms with Crippen molar-refractivity contribution in [2.45, 2.75) is 148 Å². The number of hydrogen-bond donors (Lipinski definition) is 1. The molecule has 0 unspecified atom stereocenters. The maximum atomic E-state index is 6.27. The number of nitrogens with two attached hydrogens (primary N) is 1. The molecule has 0 aromatic carbocycles. The Morgan fingerprint density at radius 2 is 0.667 bits per heavy atom. The number of rotatable bonds is 20. The maximum Gasteiger partial charge on any atom is 0.00388 e. The predicted octanol–water partition coefficient (Wildman–Crippen LogP) is 8.16. The molecule has 2 N–H and O–H groups in total. The van der Waals surface area contributed by atoms with E-state index in [-0.39, 0.29) is 0 Å². The normalized spacial score (nSPS) is 11.5. The lowest BCUT2D eigenvalue weighted by atomic mass is 10.0. The van der Waals surface area contributed by atoms with E-state index < -0.39 is 0 Å². The lowest BCUT2D eigenvalue weighted by Crippen LogP contribution is -2.19. The Hall–Kier alpha value is -0.0400. The van der Waals surface area contributed by atoms with Crippen LogP contribution in [0.15, 0.2) is 0 Å². The Morgan fingerprint density at radius 1 is 0.417 bits per heavy atom. The van der Waals surface area contributed by atoms with Gasteiger partial charge in [0.1, 0.15) is 0 Å². The van der Waals surface area contributed by atoms with Crippen molar-refractivity contribution in [3.05, 3.63) is 0 Å². The molecule has 0 aliphatic carbocycles. The van der Waals surface area contributed by atoms with E-state index in [9.17, 15) is 0 Å². The highest BCUT2D eigenvalue weighted by atomic mass is 14.6. The van der Waals surface area contributed by atoms with Crippen LogP contribution in [0, 0.1) is 0 Å². The lowest BCUT2D eigenvalue weighted by molar-refractivity contribution is 0.479. The van der Waals surface area contributed by atoms with Gasteiger partial charge in [-0.25, -0.2) is 0 Å². The third kappa shape index (κ3) is 20.0. The van der Waals surface area contributed by atoms with Gasteiger partial charge in [-0.15, -0.1) is 0 Å². The Kier molecular flexibility index (Phi) is 21.0. The summed E-state index contributed by atoms with van der Waals surface area (Å²) >= 11 is 0. The van der Waals surface area contributed by atoms with Crippen LogP contribution >= 0.6 is 0 Å². The van der Waals surface area contributed by atoms with Crippen molar-refractivity contribution in [2.24, 2.45) is 5.73 Å². The summed E-state index contributed by atoms with van der Waals surface area (Å²) in [7, 11) is 0. The summed E-state index contributed by atoms with van der Waals surface area (Å²) in [6.45, 7) is 4.58. The zero-order valence-corrected chi connectivity index (χ0v) is 17.3. The Labute approximate surface area is 154 Å². The minimum Gasteiger partial charge on any atom is -0.328 e. The molecule has 0 aliphatic heterocycles. The maximum absolute atomic E-state index is 6.27. The van der Waals surface area contributed by atoms with Gasteiger partial charge in [0, 0.05) is 6.04 Å². The largest absolute Gasteiger partial charge is 0.328 e. The van der Waals surface area contributed by atoms with Gasteiger partial charge in [-0.3, -0.25) is 0 Å². The van der Waals surface area contributed by atoms with Gasteiger partial charge >= 0.3 is 0 Å². The fourth-order valence-electron chi connectivity index (χ4n) is 3.58. The minimum absolute atomic E-state index is 0.471. The van der Waals surface area contributed by atoms with Crippen LogP contribution in [0.3, 0.4) is 0 Å². The summed E-state index contributed by atoms with van der Waals surface area (Å²) in [5, 5.41) is 0. The first-order valence-corrected chi connectivity index (χ1v) is 11.6. The summed E-state index contributed by atoms with van der Waals surface area (Å²) in [4.78, 5) is 0. The summed E-state index contributed by atoms with van der Waals surface area (Å²) in [6, 6.07) is 0.471. The first-order valence-electron chi connectivity index (χ1n) is 11.6. The Morgan fingerprint density at radius 3 is 0.958 bits per heavy atom. The highest BCUT2D eigenvalue weighted by Gasteiger charge is 2.02. The Bertz CT molecular complexity index is 192. The summed E-state index contributed by atoms with van der Waals surface area (Å²) in [5.41, 5.74) is 6.27. The second-order valence-electron chi connectivity index (χ2n) is 7.99. The lowest BCUT2D eigenvalue weighted by Gasteiger charge is -2.11. The summed E-state index contributed by atoms with van der Waals surface area (Å²) < 4.78 is 0. The SMILES string of the molecule is CCCCCCCCCCCC(N)CCCCCCCCCCC. The molecular formula is C23H49N. The highest BCUT2D eigenvalue weighted by Crippen LogP contribution is 2.14. The molecule has 0 saturated heterocycles. The van der Waals surface area contributed by atoms with Gasteiger partial charge in [-0.1, -0.05) is 129 Å². The predicted molar refractivity (Wildman–Crippen MR) is 112 cm³/mol. The zero-order valence-electron chi connectivity index (χ0n) is 17.3. The zero-order chi connectivity index (χ0) is 17.7. The quantitative estimate of drug-likeness (QED) is 0.222. The fraction of sp³-hybridized carbons (Fsp3) is 1.00. The third-order valence-corrected chi connectivity index (χ3v) is 5.36. The molecule has 0 bridgehead atoms. The number of hydrogen-bond acceptors (Lipinski definition) is 1. The first kappa shape index (κ1) is 24.0. The van der Waals surface area contributed by atoms with Crippen molar-refractivity contribution in [2.75, 3.05) is 0 Å². The molecule has 0 aromatic heterocycles. The van der Waals surface area contributed by atoms with Crippen LogP contribution in [0.4, 0.5) is 0 Å². The standard InChI is InChI=1S/C23H49N/c1-3-5-7-9-11-13-15-17-19-21-23(24)22-20-18-16-14-12-10-8-6-4-2/h23H,3-22,24H2,1-2H3. The van der Waals surface area contributed by atoms with Crippen molar-refractivity contribution in [1.82, 2.24) is 0 Å². The van der Waals surface area contributed by atoms with E-state index in [0.29, 0.717) is 6.04 Å². The molecule has 0 fully saturated rings. The molecule has 1 heteroatoms. The van der Waals surface area contributed by atoms with Gasteiger partial charge in [0.2, 0.25) is 0 Å². The molecule has 0 spiro atoms. The first-order chi connectivity index (χ1) is 11.8. The molecule has 0 radical (unpaired) electrons. The summed E-state index contributed by atoms with van der Waals surface area (Å²) in [6.07, 6.45) is 28.0. The van der Waals surface area contributed by atoms with Crippen molar-refractivity contribution >= 4 is 0 Å². The molecule has 24 heavy (non-hydrogen) atoms. The van der Waals surface area contributed by atoms with Crippen LogP contribution in [-0.2, 0) is 0 Å². The molecule has 0 saturated carbocycles. The molecule has 0 atom stereocenters. The van der Waals surface area contributed by atoms with Gasteiger partial charge in [0.25, 0.3) is 0 Å². The number of unbranched alkanes of at least 4 members (excludes halogenated alkanes) is 16. The van der Waals surface area contributed by atoms with Crippen LogP contribution in [0.5, 0.6) is 0 Å². The van der Waals surface area contributed by atoms with E-state index in [1.54, 1.807) is 0 Å². The van der Waals surface area contributed by atoms with Gasteiger partial charge in [0.05, 0.1) is 0 Å². The van der Waals surface area contributed by atoms with Gasteiger partial charge in [-0.2, -0.15) is 0 Å². The van der Waals surface area contributed by atoms with E-state index in [2.05, 4.69) is 13.8 Å². The molecule has 1 nitrogen and oxygen atoms in total. The highest BCUT2D eigenvalue weighted by molar-refractivity contribution is 4.62. The average molecular weight is 340 g/mol. The van der Waals surface area contributed by atoms with E-state index in [0.717, 1.165) is 0 Å². The monoisotopic (exact) mass is 339 g/mol. The topological polar surface area (TPSA) is 26.0 Å². The summed E-state index contributed by atoms with van der Waals surface area (Å²) in [5.74, 6) is 0.